The van der Waals surface area contributed by atoms with Crippen LogP contribution in [0.1, 0.15) is 17.2 Å². The van der Waals surface area contributed by atoms with Crippen molar-refractivity contribution in [3.05, 3.63) is 76.1 Å². The van der Waals surface area contributed by atoms with Gasteiger partial charge in [-0.05, 0) is 29.8 Å². The Labute approximate surface area is 124 Å². The van der Waals surface area contributed by atoms with Crippen molar-refractivity contribution in [2.45, 2.75) is 6.10 Å². The third kappa shape index (κ3) is 2.32. The van der Waals surface area contributed by atoms with Gasteiger partial charge in [-0.3, -0.25) is 4.98 Å². The Bertz CT molecular complexity index is 758. The molecule has 0 spiro atoms. The molecule has 0 radical (unpaired) electrons. The van der Waals surface area contributed by atoms with Gasteiger partial charge in [-0.1, -0.05) is 40.2 Å². The number of fused-ring (bicyclic) bond motifs is 1. The van der Waals surface area contributed by atoms with Gasteiger partial charge in [0.15, 0.2) is 0 Å². The number of halogens is 2. The highest BCUT2D eigenvalue weighted by molar-refractivity contribution is 9.10. The largest absolute Gasteiger partial charge is 0.384 e. The molecule has 0 amide bonds. The first-order chi connectivity index (χ1) is 9.66. The number of benzene rings is 2. The van der Waals surface area contributed by atoms with Gasteiger partial charge >= 0.3 is 0 Å². The third-order valence-corrected chi connectivity index (χ3v) is 3.92. The Morgan fingerprint density at radius 3 is 2.55 bits per heavy atom. The summed E-state index contributed by atoms with van der Waals surface area (Å²) in [5.41, 5.74) is 2.08. The summed E-state index contributed by atoms with van der Waals surface area (Å²) in [5.74, 6) is -0.320. The van der Waals surface area contributed by atoms with E-state index in [0.717, 1.165) is 15.4 Å². The topological polar surface area (TPSA) is 33.1 Å². The molecule has 1 unspecified atom stereocenters. The number of aromatic nitrogens is 1. The molecule has 0 saturated carbocycles. The summed E-state index contributed by atoms with van der Waals surface area (Å²) in [6.45, 7) is 0. The van der Waals surface area contributed by atoms with E-state index in [1.165, 1.54) is 12.1 Å². The molecule has 0 aliphatic heterocycles. The van der Waals surface area contributed by atoms with Crippen LogP contribution in [0.5, 0.6) is 0 Å². The average molecular weight is 332 g/mol. The van der Waals surface area contributed by atoms with Crippen molar-refractivity contribution in [2.75, 3.05) is 0 Å². The first-order valence-electron chi connectivity index (χ1n) is 6.13. The summed E-state index contributed by atoms with van der Waals surface area (Å²) in [6, 6.07) is 13.3. The van der Waals surface area contributed by atoms with Crippen LogP contribution < -0.4 is 0 Å². The summed E-state index contributed by atoms with van der Waals surface area (Å²) in [7, 11) is 0. The van der Waals surface area contributed by atoms with Gasteiger partial charge in [0, 0.05) is 21.6 Å². The predicted molar refractivity (Wildman–Crippen MR) is 79.9 cm³/mol. The fourth-order valence-electron chi connectivity index (χ4n) is 2.20. The second kappa shape index (κ2) is 5.31. The minimum absolute atomic E-state index is 0.320. The first kappa shape index (κ1) is 13.2. The first-order valence-corrected chi connectivity index (χ1v) is 6.93. The highest BCUT2D eigenvalue weighted by Crippen LogP contribution is 2.31. The van der Waals surface area contributed by atoms with Gasteiger partial charge < -0.3 is 5.11 Å². The minimum Gasteiger partial charge on any atom is -0.384 e. The molecule has 1 aromatic heterocycles. The average Bonchev–Trinajstić information content (AvgIpc) is 2.48. The quantitative estimate of drug-likeness (QED) is 0.762. The highest BCUT2D eigenvalue weighted by Gasteiger charge is 2.15. The van der Waals surface area contributed by atoms with E-state index in [1.807, 2.05) is 24.3 Å². The molecule has 100 valence electrons. The van der Waals surface area contributed by atoms with Gasteiger partial charge in [-0.2, -0.15) is 0 Å². The third-order valence-electron chi connectivity index (χ3n) is 3.23. The highest BCUT2D eigenvalue weighted by atomic mass is 79.9. The van der Waals surface area contributed by atoms with Crippen molar-refractivity contribution < 1.29 is 9.50 Å². The van der Waals surface area contributed by atoms with Crippen LogP contribution in [-0.4, -0.2) is 10.1 Å². The standard InChI is InChI=1S/C16H11BrFNO/c17-14-8-7-13(15-12(14)2-1-9-19-15)16(20)10-3-5-11(18)6-4-10/h1-9,16,20H. The summed E-state index contributed by atoms with van der Waals surface area (Å²) < 4.78 is 13.9. The summed E-state index contributed by atoms with van der Waals surface area (Å²) in [4.78, 5) is 4.34. The van der Waals surface area contributed by atoms with Crippen LogP contribution >= 0.6 is 15.9 Å². The van der Waals surface area contributed by atoms with E-state index in [-0.39, 0.29) is 5.82 Å². The van der Waals surface area contributed by atoms with Crippen molar-refractivity contribution in [2.24, 2.45) is 0 Å². The van der Waals surface area contributed by atoms with E-state index in [1.54, 1.807) is 18.3 Å². The molecular weight excluding hydrogens is 321 g/mol. The number of hydrogen-bond acceptors (Lipinski definition) is 2. The molecule has 1 atom stereocenters. The molecule has 20 heavy (non-hydrogen) atoms. The lowest BCUT2D eigenvalue weighted by molar-refractivity contribution is 0.221. The lowest BCUT2D eigenvalue weighted by atomic mass is 9.99. The zero-order chi connectivity index (χ0) is 14.1. The van der Waals surface area contributed by atoms with E-state index in [0.29, 0.717) is 11.1 Å². The van der Waals surface area contributed by atoms with Gasteiger partial charge in [0.2, 0.25) is 0 Å². The van der Waals surface area contributed by atoms with E-state index in [2.05, 4.69) is 20.9 Å². The summed E-state index contributed by atoms with van der Waals surface area (Å²) >= 11 is 3.47. The zero-order valence-corrected chi connectivity index (χ0v) is 12.0. The minimum atomic E-state index is -0.832. The number of aliphatic hydroxyl groups excluding tert-OH is 1. The predicted octanol–water partition coefficient (Wildman–Crippen LogP) is 4.22. The SMILES string of the molecule is OC(c1ccc(F)cc1)c1ccc(Br)c2cccnc12. The van der Waals surface area contributed by atoms with Crippen LogP contribution in [0.3, 0.4) is 0 Å². The molecule has 1 heterocycles. The molecule has 0 saturated heterocycles. The van der Waals surface area contributed by atoms with Gasteiger partial charge in [0.1, 0.15) is 11.9 Å². The van der Waals surface area contributed by atoms with Crippen LogP contribution in [0.4, 0.5) is 4.39 Å². The van der Waals surface area contributed by atoms with Crippen LogP contribution in [0.15, 0.2) is 59.2 Å². The molecule has 0 aliphatic rings. The van der Waals surface area contributed by atoms with Crippen molar-refractivity contribution in [3.63, 3.8) is 0 Å². The fourth-order valence-corrected chi connectivity index (χ4v) is 2.66. The molecule has 3 aromatic rings. The molecule has 4 heteroatoms. The molecule has 3 rings (SSSR count). The second-order valence-corrected chi connectivity index (χ2v) is 5.34. The van der Waals surface area contributed by atoms with Crippen molar-refractivity contribution in [1.82, 2.24) is 4.98 Å². The Morgan fingerprint density at radius 1 is 1.05 bits per heavy atom. The monoisotopic (exact) mass is 331 g/mol. The van der Waals surface area contributed by atoms with Crippen LogP contribution in [0.25, 0.3) is 10.9 Å². The molecule has 2 nitrogen and oxygen atoms in total. The van der Waals surface area contributed by atoms with Gasteiger partial charge in [0.05, 0.1) is 5.52 Å². The molecule has 0 aliphatic carbocycles. The normalized spacial score (nSPS) is 12.6. The number of pyridine rings is 1. The van der Waals surface area contributed by atoms with Crippen LogP contribution in [0, 0.1) is 5.82 Å². The van der Waals surface area contributed by atoms with Crippen LogP contribution in [0.2, 0.25) is 0 Å². The molecule has 0 bridgehead atoms. The Kier molecular flexibility index (Phi) is 3.51. The van der Waals surface area contributed by atoms with E-state index >= 15 is 0 Å². The van der Waals surface area contributed by atoms with Crippen molar-refractivity contribution >= 4 is 26.8 Å². The van der Waals surface area contributed by atoms with Gasteiger partial charge in [0.25, 0.3) is 0 Å². The Balaban J connectivity index is 2.14. The van der Waals surface area contributed by atoms with E-state index in [9.17, 15) is 9.50 Å². The van der Waals surface area contributed by atoms with Gasteiger partial charge in [-0.15, -0.1) is 0 Å². The molecule has 1 N–H and O–H groups in total. The maximum absolute atomic E-state index is 13.0. The number of rotatable bonds is 2. The Morgan fingerprint density at radius 2 is 1.80 bits per heavy atom. The van der Waals surface area contributed by atoms with Crippen LogP contribution in [-0.2, 0) is 0 Å². The number of aliphatic hydroxyl groups is 1. The lowest BCUT2D eigenvalue weighted by Gasteiger charge is -2.14. The Hall–Kier alpha value is -1.78. The molecule has 0 fully saturated rings. The fraction of sp³-hybridized carbons (Fsp3) is 0.0625. The number of nitrogens with zero attached hydrogens (tertiary/aromatic N) is 1. The smallest absolute Gasteiger partial charge is 0.123 e. The van der Waals surface area contributed by atoms with Crippen molar-refractivity contribution in [3.8, 4) is 0 Å². The van der Waals surface area contributed by atoms with Crippen molar-refractivity contribution in [1.29, 1.82) is 0 Å². The maximum Gasteiger partial charge on any atom is 0.123 e. The van der Waals surface area contributed by atoms with E-state index in [4.69, 9.17) is 0 Å². The molecular formula is C16H11BrFNO. The summed E-state index contributed by atoms with van der Waals surface area (Å²) in [6.07, 6.45) is 0.858. The summed E-state index contributed by atoms with van der Waals surface area (Å²) in [5, 5.41) is 11.4. The zero-order valence-electron chi connectivity index (χ0n) is 10.4. The number of hydrogen-bond donors (Lipinski definition) is 1. The maximum atomic E-state index is 13.0. The second-order valence-electron chi connectivity index (χ2n) is 4.49. The van der Waals surface area contributed by atoms with E-state index < -0.39 is 6.10 Å². The van der Waals surface area contributed by atoms with Gasteiger partial charge in [-0.25, -0.2) is 4.39 Å². The lowest BCUT2D eigenvalue weighted by Crippen LogP contribution is -2.01. The molecule has 2 aromatic carbocycles.